The van der Waals surface area contributed by atoms with Crippen LogP contribution in [0, 0.1) is 5.92 Å². The summed E-state index contributed by atoms with van der Waals surface area (Å²) in [6.07, 6.45) is 0. The Kier molecular flexibility index (Phi) is 4.25. The van der Waals surface area contributed by atoms with Gasteiger partial charge in [0.2, 0.25) is 0 Å². The molecule has 100 valence electrons. The highest BCUT2D eigenvalue weighted by atomic mass is 15.2. The molecule has 1 heterocycles. The van der Waals surface area contributed by atoms with Crippen LogP contribution in [0.4, 0.5) is 5.69 Å². The van der Waals surface area contributed by atoms with Crippen LogP contribution in [0.25, 0.3) is 0 Å². The van der Waals surface area contributed by atoms with Crippen LogP contribution in [0.15, 0.2) is 24.3 Å². The molecule has 2 unspecified atom stereocenters. The summed E-state index contributed by atoms with van der Waals surface area (Å²) in [5, 5.41) is 3.18. The molecule has 0 amide bonds. The van der Waals surface area contributed by atoms with Crippen LogP contribution in [0.5, 0.6) is 0 Å². The van der Waals surface area contributed by atoms with Gasteiger partial charge in [-0.15, -0.1) is 0 Å². The van der Waals surface area contributed by atoms with E-state index in [0.717, 1.165) is 25.6 Å². The molecule has 2 rings (SSSR count). The Hall–Kier alpha value is -1.06. The first-order chi connectivity index (χ1) is 8.61. The topological polar surface area (TPSA) is 18.5 Å². The van der Waals surface area contributed by atoms with E-state index in [-0.39, 0.29) is 0 Å². The van der Waals surface area contributed by atoms with Gasteiger partial charge >= 0.3 is 0 Å². The Balaban J connectivity index is 2.04. The molecule has 0 spiro atoms. The Morgan fingerprint density at radius 3 is 2.39 bits per heavy atom. The highest BCUT2D eigenvalue weighted by molar-refractivity contribution is 5.49. The summed E-state index contributed by atoms with van der Waals surface area (Å²) in [6.45, 7) is 5.59. The van der Waals surface area contributed by atoms with Crippen LogP contribution in [-0.2, 0) is 6.54 Å². The van der Waals surface area contributed by atoms with Crippen molar-refractivity contribution in [2.45, 2.75) is 19.5 Å². The minimum atomic E-state index is 0.669. The molecule has 1 aliphatic rings. The Morgan fingerprint density at radius 1 is 1.22 bits per heavy atom. The lowest BCUT2D eigenvalue weighted by molar-refractivity contribution is 0.266. The zero-order chi connectivity index (χ0) is 13.1. The number of rotatable bonds is 4. The minimum Gasteiger partial charge on any atom is -0.370 e. The van der Waals surface area contributed by atoms with E-state index in [1.54, 1.807) is 0 Å². The summed E-state index contributed by atoms with van der Waals surface area (Å²) in [4.78, 5) is 4.85. The van der Waals surface area contributed by atoms with Gasteiger partial charge in [-0.1, -0.05) is 19.1 Å². The molecule has 3 nitrogen and oxygen atoms in total. The van der Waals surface area contributed by atoms with E-state index in [1.165, 1.54) is 11.3 Å². The van der Waals surface area contributed by atoms with Gasteiger partial charge < -0.3 is 15.1 Å². The summed E-state index contributed by atoms with van der Waals surface area (Å²) < 4.78 is 0. The maximum atomic E-state index is 3.18. The number of hydrogen-bond donors (Lipinski definition) is 1. The Morgan fingerprint density at radius 2 is 1.89 bits per heavy atom. The van der Waals surface area contributed by atoms with Crippen molar-refractivity contribution in [2.75, 3.05) is 39.1 Å². The summed E-state index contributed by atoms with van der Waals surface area (Å²) in [7, 11) is 6.35. The fourth-order valence-electron chi connectivity index (χ4n) is 2.86. The average Bonchev–Trinajstić information content (AvgIpc) is 2.73. The van der Waals surface area contributed by atoms with E-state index >= 15 is 0 Å². The van der Waals surface area contributed by atoms with Crippen molar-refractivity contribution in [2.24, 2.45) is 5.92 Å². The van der Waals surface area contributed by atoms with Gasteiger partial charge in [0.15, 0.2) is 0 Å². The molecule has 1 aromatic carbocycles. The normalized spacial score (nSPS) is 23.9. The molecule has 1 N–H and O–H groups in total. The molecule has 2 atom stereocenters. The third-order valence-corrected chi connectivity index (χ3v) is 3.92. The molecule has 1 fully saturated rings. The monoisotopic (exact) mass is 247 g/mol. The Labute approximate surface area is 111 Å². The number of likely N-dealkylation sites (N-methyl/N-ethyl adjacent to an activating group) is 1. The lowest BCUT2D eigenvalue weighted by Crippen LogP contribution is -2.34. The van der Waals surface area contributed by atoms with Gasteiger partial charge in [0, 0.05) is 31.4 Å². The second-order valence-electron chi connectivity index (χ2n) is 5.61. The van der Waals surface area contributed by atoms with Crippen molar-refractivity contribution in [3.63, 3.8) is 0 Å². The molecule has 1 saturated heterocycles. The van der Waals surface area contributed by atoms with Crippen LogP contribution >= 0.6 is 0 Å². The van der Waals surface area contributed by atoms with Gasteiger partial charge in [0.1, 0.15) is 0 Å². The molecule has 18 heavy (non-hydrogen) atoms. The van der Waals surface area contributed by atoms with E-state index in [4.69, 9.17) is 0 Å². The highest BCUT2D eigenvalue weighted by Crippen LogP contribution is 2.26. The molecule has 3 heteroatoms. The lowest BCUT2D eigenvalue weighted by Gasteiger charge is -2.23. The third kappa shape index (κ3) is 2.85. The van der Waals surface area contributed by atoms with Crippen molar-refractivity contribution in [1.82, 2.24) is 10.2 Å². The number of benzene rings is 1. The number of hydrogen-bond acceptors (Lipinski definition) is 3. The van der Waals surface area contributed by atoms with Crippen molar-refractivity contribution in [3.8, 4) is 0 Å². The smallest absolute Gasteiger partial charge is 0.0367 e. The van der Waals surface area contributed by atoms with E-state index in [1.807, 2.05) is 7.05 Å². The minimum absolute atomic E-state index is 0.669. The molecular weight excluding hydrogens is 222 g/mol. The van der Waals surface area contributed by atoms with Crippen molar-refractivity contribution in [3.05, 3.63) is 29.8 Å². The molecule has 1 aliphatic heterocycles. The van der Waals surface area contributed by atoms with Crippen molar-refractivity contribution in [1.29, 1.82) is 0 Å². The zero-order valence-corrected chi connectivity index (χ0v) is 12.0. The first-order valence-electron chi connectivity index (χ1n) is 6.76. The maximum absolute atomic E-state index is 3.18. The summed E-state index contributed by atoms with van der Waals surface area (Å²) in [5.41, 5.74) is 2.70. The molecule has 0 bridgehead atoms. The van der Waals surface area contributed by atoms with Crippen LogP contribution < -0.4 is 10.2 Å². The van der Waals surface area contributed by atoms with E-state index in [9.17, 15) is 0 Å². The maximum Gasteiger partial charge on any atom is 0.0367 e. The van der Waals surface area contributed by atoms with E-state index < -0.39 is 0 Å². The summed E-state index contributed by atoms with van der Waals surface area (Å²) in [6, 6.07) is 9.61. The quantitative estimate of drug-likeness (QED) is 0.875. The van der Waals surface area contributed by atoms with Crippen LogP contribution in [0.3, 0.4) is 0 Å². The predicted molar refractivity (Wildman–Crippen MR) is 78.1 cm³/mol. The highest BCUT2D eigenvalue weighted by Gasteiger charge is 2.30. The van der Waals surface area contributed by atoms with Gasteiger partial charge in [-0.05, 0) is 44.8 Å². The number of anilines is 1. The second kappa shape index (κ2) is 5.72. The van der Waals surface area contributed by atoms with Crippen LogP contribution in [0.1, 0.15) is 12.5 Å². The summed E-state index contributed by atoms with van der Waals surface area (Å²) in [5.74, 6) is 0.733. The van der Waals surface area contributed by atoms with Gasteiger partial charge in [0.05, 0.1) is 0 Å². The van der Waals surface area contributed by atoms with Crippen LogP contribution in [0.2, 0.25) is 0 Å². The number of nitrogens with zero attached hydrogens (tertiary/aromatic N) is 2. The van der Waals surface area contributed by atoms with Gasteiger partial charge in [-0.25, -0.2) is 0 Å². The van der Waals surface area contributed by atoms with E-state index in [2.05, 4.69) is 60.4 Å². The van der Waals surface area contributed by atoms with Gasteiger partial charge in [-0.2, -0.15) is 0 Å². The van der Waals surface area contributed by atoms with Crippen LogP contribution in [-0.4, -0.2) is 45.2 Å². The zero-order valence-electron chi connectivity index (χ0n) is 12.0. The fraction of sp³-hybridized carbons (Fsp3) is 0.600. The Bertz CT molecular complexity index is 372. The first-order valence-corrected chi connectivity index (χ1v) is 6.76. The number of nitrogens with one attached hydrogen (secondary N) is 1. The summed E-state index contributed by atoms with van der Waals surface area (Å²) >= 11 is 0. The molecule has 1 aromatic rings. The molecular formula is C15H25N3. The lowest BCUT2D eigenvalue weighted by atomic mass is 10.1. The SMILES string of the molecule is CNCc1ccc(N2CC(C)C(N(C)C)C2)cc1. The van der Waals surface area contributed by atoms with E-state index in [0.29, 0.717) is 6.04 Å². The molecule has 0 saturated carbocycles. The van der Waals surface area contributed by atoms with Crippen molar-refractivity contribution >= 4 is 5.69 Å². The van der Waals surface area contributed by atoms with Crippen molar-refractivity contribution < 1.29 is 0 Å². The predicted octanol–water partition coefficient (Wildman–Crippen LogP) is 1.79. The molecule has 0 radical (unpaired) electrons. The second-order valence-corrected chi connectivity index (χ2v) is 5.61. The largest absolute Gasteiger partial charge is 0.370 e. The average molecular weight is 247 g/mol. The van der Waals surface area contributed by atoms with Gasteiger partial charge in [0.25, 0.3) is 0 Å². The third-order valence-electron chi connectivity index (χ3n) is 3.92. The molecule has 0 aliphatic carbocycles. The van der Waals surface area contributed by atoms with Gasteiger partial charge in [-0.3, -0.25) is 0 Å². The molecule has 0 aromatic heterocycles. The first kappa shape index (κ1) is 13.4. The standard InChI is InChI=1S/C15H25N3/c1-12-10-18(11-15(12)17(3)4)14-7-5-13(6-8-14)9-16-2/h5-8,12,15-16H,9-11H2,1-4H3. The fourth-order valence-corrected chi connectivity index (χ4v) is 2.86.